The van der Waals surface area contributed by atoms with Gasteiger partial charge in [0.05, 0.1) is 0 Å². The zero-order chi connectivity index (χ0) is 6.69. The standard InChI is InChI=1S/C8H15N/c1-7-5-3-4-6-8(7)9-2/h7H,3-6H2,1-2H3. The lowest BCUT2D eigenvalue weighted by Crippen LogP contribution is -2.15. The van der Waals surface area contributed by atoms with Gasteiger partial charge in [-0.3, -0.25) is 4.99 Å². The second-order valence-electron chi connectivity index (χ2n) is 2.86. The molecule has 0 heterocycles. The van der Waals surface area contributed by atoms with Crippen LogP contribution in [-0.2, 0) is 0 Å². The monoisotopic (exact) mass is 125 g/mol. The van der Waals surface area contributed by atoms with Gasteiger partial charge in [0.15, 0.2) is 0 Å². The normalized spacial score (nSPS) is 33.1. The zero-order valence-electron chi connectivity index (χ0n) is 6.35. The molecule has 0 saturated heterocycles. The Hall–Kier alpha value is -0.330. The van der Waals surface area contributed by atoms with E-state index >= 15 is 0 Å². The highest BCUT2D eigenvalue weighted by molar-refractivity contribution is 5.86. The van der Waals surface area contributed by atoms with Crippen molar-refractivity contribution in [3.05, 3.63) is 0 Å². The van der Waals surface area contributed by atoms with Gasteiger partial charge in [-0.15, -0.1) is 0 Å². The Morgan fingerprint density at radius 3 is 2.67 bits per heavy atom. The van der Waals surface area contributed by atoms with Crippen LogP contribution >= 0.6 is 0 Å². The van der Waals surface area contributed by atoms with Gasteiger partial charge in [0.25, 0.3) is 0 Å². The Kier molecular flexibility index (Phi) is 2.26. The molecule has 0 spiro atoms. The van der Waals surface area contributed by atoms with Crippen molar-refractivity contribution >= 4 is 5.71 Å². The summed E-state index contributed by atoms with van der Waals surface area (Å²) in [5.74, 6) is 0.767. The molecule has 0 N–H and O–H groups in total. The molecule has 0 aliphatic heterocycles. The predicted octanol–water partition coefficient (Wildman–Crippen LogP) is 2.27. The fourth-order valence-electron chi connectivity index (χ4n) is 1.50. The van der Waals surface area contributed by atoms with E-state index < -0.39 is 0 Å². The molecule has 1 aliphatic carbocycles. The van der Waals surface area contributed by atoms with Gasteiger partial charge in [0.1, 0.15) is 0 Å². The zero-order valence-corrected chi connectivity index (χ0v) is 6.35. The molecule has 1 atom stereocenters. The highest BCUT2D eigenvalue weighted by Crippen LogP contribution is 2.20. The van der Waals surface area contributed by atoms with Crippen molar-refractivity contribution in [2.45, 2.75) is 32.6 Å². The summed E-state index contributed by atoms with van der Waals surface area (Å²) in [6, 6.07) is 0. The molecule has 1 heteroatoms. The van der Waals surface area contributed by atoms with Gasteiger partial charge >= 0.3 is 0 Å². The van der Waals surface area contributed by atoms with Gasteiger partial charge in [0.2, 0.25) is 0 Å². The molecule has 1 rings (SSSR count). The predicted molar refractivity (Wildman–Crippen MR) is 41.0 cm³/mol. The number of rotatable bonds is 0. The van der Waals surface area contributed by atoms with Crippen molar-refractivity contribution in [1.29, 1.82) is 0 Å². The van der Waals surface area contributed by atoms with E-state index in [0.717, 1.165) is 5.92 Å². The summed E-state index contributed by atoms with van der Waals surface area (Å²) < 4.78 is 0. The van der Waals surface area contributed by atoms with Crippen LogP contribution in [0.25, 0.3) is 0 Å². The number of aliphatic imine (C=N–C) groups is 1. The van der Waals surface area contributed by atoms with E-state index in [2.05, 4.69) is 11.9 Å². The first-order valence-corrected chi connectivity index (χ1v) is 3.80. The van der Waals surface area contributed by atoms with Crippen LogP contribution in [0.2, 0.25) is 0 Å². The molecule has 1 nitrogen and oxygen atoms in total. The summed E-state index contributed by atoms with van der Waals surface area (Å²) in [6.45, 7) is 2.28. The van der Waals surface area contributed by atoms with Crippen molar-refractivity contribution < 1.29 is 0 Å². The lowest BCUT2D eigenvalue weighted by Gasteiger charge is -2.19. The largest absolute Gasteiger partial charge is 0.297 e. The van der Waals surface area contributed by atoms with Crippen LogP contribution in [0.15, 0.2) is 4.99 Å². The number of nitrogens with zero attached hydrogens (tertiary/aromatic N) is 1. The van der Waals surface area contributed by atoms with Gasteiger partial charge < -0.3 is 0 Å². The molecule has 1 unspecified atom stereocenters. The summed E-state index contributed by atoms with van der Waals surface area (Å²) in [5, 5.41) is 0. The van der Waals surface area contributed by atoms with Crippen LogP contribution in [0.4, 0.5) is 0 Å². The number of hydrogen-bond donors (Lipinski definition) is 0. The Bertz CT molecular complexity index is 116. The minimum atomic E-state index is 0.767. The molecular weight excluding hydrogens is 110 g/mol. The molecule has 0 aromatic carbocycles. The van der Waals surface area contributed by atoms with Crippen molar-refractivity contribution in [1.82, 2.24) is 0 Å². The topological polar surface area (TPSA) is 12.4 Å². The third-order valence-corrected chi connectivity index (χ3v) is 2.18. The summed E-state index contributed by atoms with van der Waals surface area (Å²) >= 11 is 0. The maximum atomic E-state index is 4.25. The molecule has 0 radical (unpaired) electrons. The van der Waals surface area contributed by atoms with Crippen LogP contribution < -0.4 is 0 Å². The molecule has 52 valence electrons. The average molecular weight is 125 g/mol. The fraction of sp³-hybridized carbons (Fsp3) is 0.875. The van der Waals surface area contributed by atoms with Crippen molar-refractivity contribution in [2.24, 2.45) is 10.9 Å². The van der Waals surface area contributed by atoms with Gasteiger partial charge in [-0.05, 0) is 25.2 Å². The first kappa shape index (κ1) is 6.79. The van der Waals surface area contributed by atoms with Crippen molar-refractivity contribution in [3.63, 3.8) is 0 Å². The molecular formula is C8H15N. The minimum Gasteiger partial charge on any atom is -0.297 e. The maximum Gasteiger partial charge on any atom is 0.0276 e. The highest BCUT2D eigenvalue weighted by Gasteiger charge is 2.13. The summed E-state index contributed by atoms with van der Waals surface area (Å²) in [4.78, 5) is 4.25. The van der Waals surface area contributed by atoms with Crippen LogP contribution in [0.5, 0.6) is 0 Å². The first-order chi connectivity index (χ1) is 4.34. The van der Waals surface area contributed by atoms with E-state index in [-0.39, 0.29) is 0 Å². The molecule has 0 aromatic rings. The smallest absolute Gasteiger partial charge is 0.0276 e. The number of hydrogen-bond acceptors (Lipinski definition) is 1. The lowest BCUT2D eigenvalue weighted by molar-refractivity contribution is 0.559. The fourth-order valence-corrected chi connectivity index (χ4v) is 1.50. The molecule has 9 heavy (non-hydrogen) atoms. The molecule has 1 fully saturated rings. The average Bonchev–Trinajstić information content (AvgIpc) is 1.89. The van der Waals surface area contributed by atoms with Gasteiger partial charge in [0, 0.05) is 12.8 Å². The third-order valence-electron chi connectivity index (χ3n) is 2.18. The van der Waals surface area contributed by atoms with E-state index in [1.54, 1.807) is 0 Å². The molecule has 0 bridgehead atoms. The minimum absolute atomic E-state index is 0.767. The Morgan fingerprint density at radius 1 is 1.44 bits per heavy atom. The molecule has 0 amide bonds. The van der Waals surface area contributed by atoms with Gasteiger partial charge in [-0.1, -0.05) is 13.3 Å². The van der Waals surface area contributed by atoms with Crippen LogP contribution in [-0.4, -0.2) is 12.8 Å². The Labute approximate surface area is 57.2 Å². The van der Waals surface area contributed by atoms with E-state index in [1.165, 1.54) is 31.4 Å². The van der Waals surface area contributed by atoms with E-state index in [0.29, 0.717) is 0 Å². The summed E-state index contributed by atoms with van der Waals surface area (Å²) in [6.07, 6.45) is 5.36. The SMILES string of the molecule is CN=C1CCCCC1C. The Balaban J connectivity index is 2.49. The van der Waals surface area contributed by atoms with Crippen LogP contribution in [0.3, 0.4) is 0 Å². The van der Waals surface area contributed by atoms with E-state index in [4.69, 9.17) is 0 Å². The van der Waals surface area contributed by atoms with Gasteiger partial charge in [-0.25, -0.2) is 0 Å². The second kappa shape index (κ2) is 3.00. The summed E-state index contributed by atoms with van der Waals surface area (Å²) in [7, 11) is 1.91. The summed E-state index contributed by atoms with van der Waals surface area (Å²) in [5.41, 5.74) is 1.43. The Morgan fingerprint density at radius 2 is 2.22 bits per heavy atom. The quantitative estimate of drug-likeness (QED) is 0.471. The third kappa shape index (κ3) is 1.54. The van der Waals surface area contributed by atoms with Crippen LogP contribution in [0.1, 0.15) is 32.6 Å². The second-order valence-corrected chi connectivity index (χ2v) is 2.86. The lowest BCUT2D eigenvalue weighted by atomic mass is 9.89. The van der Waals surface area contributed by atoms with Crippen molar-refractivity contribution in [3.8, 4) is 0 Å². The molecule has 0 aromatic heterocycles. The molecule has 1 aliphatic rings. The first-order valence-electron chi connectivity index (χ1n) is 3.80. The van der Waals surface area contributed by atoms with Gasteiger partial charge in [-0.2, -0.15) is 0 Å². The molecule has 1 saturated carbocycles. The maximum absolute atomic E-state index is 4.25. The van der Waals surface area contributed by atoms with Crippen LogP contribution in [0, 0.1) is 5.92 Å². The van der Waals surface area contributed by atoms with Crippen molar-refractivity contribution in [2.75, 3.05) is 7.05 Å². The van der Waals surface area contributed by atoms with E-state index in [9.17, 15) is 0 Å². The highest BCUT2D eigenvalue weighted by atomic mass is 14.7. The van der Waals surface area contributed by atoms with E-state index in [1.807, 2.05) is 7.05 Å².